The van der Waals surface area contributed by atoms with Gasteiger partial charge in [-0.15, -0.1) is 0 Å². The Morgan fingerprint density at radius 3 is 2.22 bits per heavy atom. The Kier molecular flexibility index (Phi) is 12.4. The van der Waals surface area contributed by atoms with Crippen LogP contribution in [-0.4, -0.2) is 24.9 Å². The molecule has 0 aromatic rings. The van der Waals surface area contributed by atoms with Crippen molar-refractivity contribution < 1.29 is 9.59 Å². The molecule has 2 saturated carbocycles. The molecule has 0 bridgehead atoms. The first-order valence-corrected chi connectivity index (χ1v) is 12.1. The number of hydrogen-bond acceptors (Lipinski definition) is 3. The van der Waals surface area contributed by atoms with Crippen molar-refractivity contribution in [3.8, 4) is 6.07 Å². The van der Waals surface area contributed by atoms with Crippen molar-refractivity contribution >= 4 is 23.4 Å². The van der Waals surface area contributed by atoms with Crippen LogP contribution in [0.25, 0.3) is 0 Å². The smallest absolute Gasteiger partial charge is 0.223 e. The van der Waals surface area contributed by atoms with Crippen molar-refractivity contribution in [3.05, 3.63) is 35.4 Å². The van der Waals surface area contributed by atoms with Gasteiger partial charge in [-0.2, -0.15) is 5.26 Å². The number of carbonyl (C=O) groups is 2. The Hall–Kier alpha value is -2.06. The van der Waals surface area contributed by atoms with E-state index in [1.807, 2.05) is 25.1 Å². The molecular weight excluding hydrogens is 422 g/mol. The van der Waals surface area contributed by atoms with Gasteiger partial charge in [-0.1, -0.05) is 56.0 Å². The Labute approximate surface area is 199 Å². The maximum atomic E-state index is 12.6. The van der Waals surface area contributed by atoms with Crippen LogP contribution in [0.4, 0.5) is 0 Å². The molecule has 32 heavy (non-hydrogen) atoms. The molecule has 2 aliphatic rings. The molecule has 2 fully saturated rings. The number of nitriles is 1. The summed E-state index contributed by atoms with van der Waals surface area (Å²) < 4.78 is 0. The number of halogens is 1. The van der Waals surface area contributed by atoms with Crippen LogP contribution >= 0.6 is 11.6 Å². The number of nitrogens with zero attached hydrogens (tertiary/aromatic N) is 1. The normalized spacial score (nSPS) is 18.6. The fourth-order valence-corrected chi connectivity index (χ4v) is 4.49. The van der Waals surface area contributed by atoms with E-state index in [9.17, 15) is 9.59 Å². The van der Waals surface area contributed by atoms with Crippen molar-refractivity contribution in [1.82, 2.24) is 10.6 Å². The van der Waals surface area contributed by atoms with Gasteiger partial charge in [-0.3, -0.25) is 9.59 Å². The second-order valence-electron chi connectivity index (χ2n) is 9.45. The van der Waals surface area contributed by atoms with Crippen LogP contribution in [0.3, 0.4) is 0 Å². The third kappa shape index (κ3) is 10.0. The van der Waals surface area contributed by atoms with Gasteiger partial charge >= 0.3 is 0 Å². The highest BCUT2D eigenvalue weighted by atomic mass is 35.5. The summed E-state index contributed by atoms with van der Waals surface area (Å²) in [5.41, 5.74) is 0.542. The zero-order valence-corrected chi connectivity index (χ0v) is 20.9. The summed E-state index contributed by atoms with van der Waals surface area (Å²) in [7, 11) is 1.57. The lowest BCUT2D eigenvalue weighted by Gasteiger charge is -2.27. The van der Waals surface area contributed by atoms with Crippen molar-refractivity contribution in [3.63, 3.8) is 0 Å². The second-order valence-corrected chi connectivity index (χ2v) is 9.93. The first-order valence-electron chi connectivity index (χ1n) is 11.7. The quantitative estimate of drug-likeness (QED) is 0.449. The minimum absolute atomic E-state index is 0.0716. The SMILES string of the molecule is C=C(Cl)/C=C(\C=C/C)C(NC(=O)C1CCCC1)C1CCCC1.CNC(=O)CC(C)(C)C#N. The minimum Gasteiger partial charge on any atom is -0.359 e. The number of hydrogen-bond donors (Lipinski definition) is 2. The zero-order chi connectivity index (χ0) is 24.1. The van der Waals surface area contributed by atoms with E-state index in [0.29, 0.717) is 11.0 Å². The second kappa shape index (κ2) is 14.2. The van der Waals surface area contributed by atoms with E-state index >= 15 is 0 Å². The molecule has 0 heterocycles. The zero-order valence-electron chi connectivity index (χ0n) is 20.2. The molecule has 1 atom stereocenters. The van der Waals surface area contributed by atoms with E-state index in [4.69, 9.17) is 16.9 Å². The number of amides is 2. The van der Waals surface area contributed by atoms with Gasteiger partial charge in [0.1, 0.15) is 0 Å². The average Bonchev–Trinajstić information content (AvgIpc) is 3.45. The van der Waals surface area contributed by atoms with Crippen molar-refractivity contribution in [2.45, 2.75) is 84.6 Å². The Morgan fingerprint density at radius 2 is 1.75 bits per heavy atom. The monoisotopic (exact) mass is 461 g/mol. The van der Waals surface area contributed by atoms with E-state index < -0.39 is 5.41 Å². The molecule has 0 aliphatic heterocycles. The summed E-state index contributed by atoms with van der Waals surface area (Å²) in [4.78, 5) is 23.3. The summed E-state index contributed by atoms with van der Waals surface area (Å²) in [5, 5.41) is 14.8. The lowest BCUT2D eigenvalue weighted by molar-refractivity contribution is -0.125. The van der Waals surface area contributed by atoms with Crippen molar-refractivity contribution in [2.75, 3.05) is 7.05 Å². The van der Waals surface area contributed by atoms with Crippen molar-refractivity contribution in [2.24, 2.45) is 17.3 Å². The summed E-state index contributed by atoms with van der Waals surface area (Å²) in [6.07, 6.45) is 15.5. The number of allylic oxidation sites excluding steroid dienone is 3. The Morgan fingerprint density at radius 1 is 1.19 bits per heavy atom. The number of rotatable bonds is 8. The summed E-state index contributed by atoms with van der Waals surface area (Å²) in [6.45, 7) is 9.26. The lowest BCUT2D eigenvalue weighted by atomic mass is 9.90. The fraction of sp³-hybridized carbons (Fsp3) is 0.654. The molecular formula is C26H40ClN3O2. The molecule has 5 nitrogen and oxygen atoms in total. The van der Waals surface area contributed by atoms with E-state index in [0.717, 1.165) is 18.4 Å². The molecule has 6 heteroatoms. The van der Waals surface area contributed by atoms with Crippen LogP contribution in [0.1, 0.15) is 78.6 Å². The molecule has 2 aliphatic carbocycles. The van der Waals surface area contributed by atoms with E-state index in [1.54, 1.807) is 20.9 Å². The first-order chi connectivity index (χ1) is 15.1. The first kappa shape index (κ1) is 28.0. The Bertz CT molecular complexity index is 737. The van der Waals surface area contributed by atoms with Gasteiger partial charge < -0.3 is 10.6 Å². The molecule has 2 amide bonds. The minimum atomic E-state index is -0.542. The third-order valence-corrected chi connectivity index (χ3v) is 6.23. The van der Waals surface area contributed by atoms with E-state index in [1.165, 1.54) is 38.5 Å². The molecule has 2 N–H and O–H groups in total. The molecule has 0 aromatic heterocycles. The van der Waals surface area contributed by atoms with Crippen molar-refractivity contribution in [1.29, 1.82) is 5.26 Å². The van der Waals surface area contributed by atoms with Crippen LogP contribution in [0.5, 0.6) is 0 Å². The standard InChI is InChI=1S/C19H28ClNO.C7H12N2O/c1-3-8-17(13-14(2)20)18(15-9-4-5-10-15)21-19(22)16-11-6-7-12-16;1-7(2,5-8)4-6(10)9-3/h3,8,13,15-16,18H,2,4-7,9-12H2,1H3,(H,21,22);4H2,1-3H3,(H,9,10)/b8-3-,17-13+;. The summed E-state index contributed by atoms with van der Waals surface area (Å²) >= 11 is 6.01. The van der Waals surface area contributed by atoms with Crippen LogP contribution in [-0.2, 0) is 9.59 Å². The topological polar surface area (TPSA) is 82.0 Å². The highest BCUT2D eigenvalue weighted by molar-refractivity contribution is 6.30. The molecule has 1 unspecified atom stereocenters. The van der Waals surface area contributed by atoms with Crippen LogP contribution in [0.15, 0.2) is 35.4 Å². The van der Waals surface area contributed by atoms with Crippen LogP contribution in [0, 0.1) is 28.6 Å². The van der Waals surface area contributed by atoms with Gasteiger partial charge in [0.2, 0.25) is 11.8 Å². The molecule has 2 rings (SSSR count). The average molecular weight is 462 g/mol. The van der Waals surface area contributed by atoms with Gasteiger partial charge in [0, 0.05) is 24.4 Å². The summed E-state index contributed by atoms with van der Waals surface area (Å²) in [6, 6.07) is 2.12. The van der Waals surface area contributed by atoms with E-state index in [2.05, 4.69) is 23.3 Å². The predicted octanol–water partition coefficient (Wildman–Crippen LogP) is 5.78. The molecule has 0 aromatic carbocycles. The molecule has 178 valence electrons. The highest BCUT2D eigenvalue weighted by Gasteiger charge is 2.31. The van der Waals surface area contributed by atoms with Gasteiger partial charge in [0.05, 0.1) is 17.5 Å². The Balaban J connectivity index is 0.000000433. The van der Waals surface area contributed by atoms with Crippen LogP contribution in [0.2, 0.25) is 0 Å². The fourth-order valence-electron chi connectivity index (χ4n) is 4.37. The van der Waals surface area contributed by atoms with Gasteiger partial charge in [-0.25, -0.2) is 0 Å². The number of carbonyl (C=O) groups excluding carboxylic acids is 2. The van der Waals surface area contributed by atoms with E-state index in [-0.39, 0.29) is 30.2 Å². The number of nitrogens with one attached hydrogen (secondary N) is 2. The molecule has 0 radical (unpaired) electrons. The lowest BCUT2D eigenvalue weighted by Crippen LogP contribution is -2.43. The van der Waals surface area contributed by atoms with Gasteiger partial charge in [0.15, 0.2) is 0 Å². The highest BCUT2D eigenvalue weighted by Crippen LogP contribution is 2.33. The third-order valence-electron chi connectivity index (χ3n) is 6.12. The summed E-state index contributed by atoms with van der Waals surface area (Å²) in [5.74, 6) is 0.857. The van der Waals surface area contributed by atoms with Gasteiger partial charge in [-0.05, 0) is 64.0 Å². The maximum absolute atomic E-state index is 12.6. The van der Waals surface area contributed by atoms with Crippen LogP contribution < -0.4 is 10.6 Å². The molecule has 0 spiro atoms. The largest absolute Gasteiger partial charge is 0.359 e. The van der Waals surface area contributed by atoms with Gasteiger partial charge in [0.25, 0.3) is 0 Å². The predicted molar refractivity (Wildman–Crippen MR) is 132 cm³/mol. The molecule has 0 saturated heterocycles. The maximum Gasteiger partial charge on any atom is 0.223 e.